The van der Waals surface area contributed by atoms with Gasteiger partial charge in [-0.3, -0.25) is 14.9 Å². The number of nitrogens with two attached hydrogens (primary N) is 1. The van der Waals surface area contributed by atoms with Crippen molar-refractivity contribution in [1.29, 1.82) is 0 Å². The van der Waals surface area contributed by atoms with E-state index in [0.717, 1.165) is 32.1 Å². The van der Waals surface area contributed by atoms with Gasteiger partial charge in [-0.05, 0) is 32.1 Å². The number of carbonyl (C=O) groups is 1. The number of nitrogens with zero attached hydrogens (tertiary/aromatic N) is 2. The lowest BCUT2D eigenvalue weighted by molar-refractivity contribution is -0.384. The van der Waals surface area contributed by atoms with Crippen LogP contribution in [0, 0.1) is 10.1 Å². The minimum atomic E-state index is -0.461. The number of nitro groups is 1. The second-order valence-electron chi connectivity index (χ2n) is 5.65. The number of hydrogen-bond acceptors (Lipinski definition) is 4. The van der Waals surface area contributed by atoms with Crippen molar-refractivity contribution in [2.75, 3.05) is 0 Å². The third-order valence-electron chi connectivity index (χ3n) is 4.10. The predicted molar refractivity (Wildman–Crippen MR) is 72.4 cm³/mol. The fourth-order valence-corrected chi connectivity index (χ4v) is 2.81. The van der Waals surface area contributed by atoms with Crippen LogP contribution in [0.2, 0.25) is 0 Å². The van der Waals surface area contributed by atoms with Crippen LogP contribution < -0.4 is 11.1 Å². The van der Waals surface area contributed by atoms with Crippen molar-refractivity contribution >= 4 is 11.6 Å². The van der Waals surface area contributed by atoms with Gasteiger partial charge in [0, 0.05) is 24.2 Å². The largest absolute Gasteiger partial charge is 0.346 e. The average Bonchev–Trinajstić information content (AvgIpc) is 3.02. The van der Waals surface area contributed by atoms with E-state index in [4.69, 9.17) is 5.73 Å². The average molecular weight is 278 g/mol. The van der Waals surface area contributed by atoms with E-state index in [1.165, 1.54) is 12.3 Å². The van der Waals surface area contributed by atoms with Gasteiger partial charge in [0.1, 0.15) is 5.69 Å². The number of amides is 1. The molecule has 1 aromatic heterocycles. The molecule has 3 N–H and O–H groups in total. The van der Waals surface area contributed by atoms with Crippen LogP contribution in [0.4, 0.5) is 5.69 Å². The Kier molecular flexibility index (Phi) is 3.21. The quantitative estimate of drug-likeness (QED) is 0.640. The van der Waals surface area contributed by atoms with Gasteiger partial charge in [-0.25, -0.2) is 0 Å². The van der Waals surface area contributed by atoms with E-state index >= 15 is 0 Å². The topological polar surface area (TPSA) is 103 Å². The van der Waals surface area contributed by atoms with E-state index in [9.17, 15) is 14.9 Å². The van der Waals surface area contributed by atoms with Crippen molar-refractivity contribution in [2.24, 2.45) is 5.73 Å². The Morgan fingerprint density at radius 3 is 2.70 bits per heavy atom. The molecule has 1 amide bonds. The minimum absolute atomic E-state index is 0.0155. The zero-order chi connectivity index (χ0) is 14.3. The Balaban J connectivity index is 1.81. The van der Waals surface area contributed by atoms with Gasteiger partial charge in [0.25, 0.3) is 11.6 Å². The number of carbonyl (C=O) groups excluding carboxylic acids is 1. The highest BCUT2D eigenvalue weighted by molar-refractivity contribution is 5.94. The second kappa shape index (κ2) is 4.90. The third-order valence-corrected chi connectivity index (χ3v) is 4.10. The van der Waals surface area contributed by atoms with Gasteiger partial charge < -0.3 is 15.6 Å². The van der Waals surface area contributed by atoms with Gasteiger partial charge in [0.05, 0.1) is 11.1 Å². The zero-order valence-corrected chi connectivity index (χ0v) is 11.1. The molecule has 3 rings (SSSR count). The molecule has 2 atom stereocenters. The van der Waals surface area contributed by atoms with Crippen LogP contribution >= 0.6 is 0 Å². The molecular weight excluding hydrogens is 260 g/mol. The van der Waals surface area contributed by atoms with Gasteiger partial charge in [-0.2, -0.15) is 0 Å². The van der Waals surface area contributed by atoms with Crippen molar-refractivity contribution in [2.45, 2.75) is 50.2 Å². The molecule has 1 aromatic rings. The summed E-state index contributed by atoms with van der Waals surface area (Å²) >= 11 is 0. The molecule has 108 valence electrons. The van der Waals surface area contributed by atoms with Crippen molar-refractivity contribution in [3.63, 3.8) is 0 Å². The standard InChI is InChI=1S/C13H18N4O3/c14-10-2-1-3-11(10)15-13(18)12-6-9(17(19)20)7-16(12)8-4-5-8/h6-8,10-11H,1-5,14H2,(H,15,18). The molecular formula is C13H18N4O3. The van der Waals surface area contributed by atoms with Gasteiger partial charge in [-0.1, -0.05) is 0 Å². The summed E-state index contributed by atoms with van der Waals surface area (Å²) in [6, 6.07) is 1.54. The molecule has 0 aromatic carbocycles. The number of nitrogens with one attached hydrogen (secondary N) is 1. The molecule has 1 heterocycles. The van der Waals surface area contributed by atoms with Crippen LogP contribution in [0.15, 0.2) is 12.3 Å². The normalized spacial score (nSPS) is 25.6. The van der Waals surface area contributed by atoms with Crippen molar-refractivity contribution in [3.05, 3.63) is 28.1 Å². The van der Waals surface area contributed by atoms with E-state index < -0.39 is 4.92 Å². The summed E-state index contributed by atoms with van der Waals surface area (Å²) in [5.74, 6) is -0.257. The van der Waals surface area contributed by atoms with Crippen LogP contribution in [-0.4, -0.2) is 27.5 Å². The Morgan fingerprint density at radius 2 is 2.15 bits per heavy atom. The fourth-order valence-electron chi connectivity index (χ4n) is 2.81. The van der Waals surface area contributed by atoms with Gasteiger partial charge >= 0.3 is 0 Å². The number of hydrogen-bond donors (Lipinski definition) is 2. The molecule has 0 bridgehead atoms. The van der Waals surface area contributed by atoms with Crippen LogP contribution in [0.3, 0.4) is 0 Å². The first kappa shape index (κ1) is 13.1. The summed E-state index contributed by atoms with van der Waals surface area (Å²) < 4.78 is 1.73. The Morgan fingerprint density at radius 1 is 1.40 bits per heavy atom. The van der Waals surface area contributed by atoms with Gasteiger partial charge in [-0.15, -0.1) is 0 Å². The van der Waals surface area contributed by atoms with E-state index in [1.807, 2.05) is 0 Å². The molecule has 2 unspecified atom stereocenters. The molecule has 0 radical (unpaired) electrons. The Labute approximate surface area is 116 Å². The highest BCUT2D eigenvalue weighted by Gasteiger charge is 2.32. The molecule has 0 saturated heterocycles. The summed E-state index contributed by atoms with van der Waals surface area (Å²) in [5, 5.41) is 13.8. The molecule has 0 aliphatic heterocycles. The summed E-state index contributed by atoms with van der Waals surface area (Å²) in [7, 11) is 0. The molecule has 20 heavy (non-hydrogen) atoms. The lowest BCUT2D eigenvalue weighted by atomic mass is 10.2. The van der Waals surface area contributed by atoms with Crippen LogP contribution in [0.5, 0.6) is 0 Å². The van der Waals surface area contributed by atoms with Crippen molar-refractivity contribution < 1.29 is 9.72 Å². The summed E-state index contributed by atoms with van der Waals surface area (Å²) in [5.41, 5.74) is 6.28. The molecule has 0 spiro atoms. The third kappa shape index (κ3) is 2.40. The molecule has 2 aliphatic carbocycles. The van der Waals surface area contributed by atoms with E-state index in [-0.39, 0.29) is 29.7 Å². The summed E-state index contributed by atoms with van der Waals surface area (Å²) in [6.45, 7) is 0. The maximum absolute atomic E-state index is 12.3. The maximum atomic E-state index is 12.3. The maximum Gasteiger partial charge on any atom is 0.287 e. The lowest BCUT2D eigenvalue weighted by Gasteiger charge is -2.17. The summed E-state index contributed by atoms with van der Waals surface area (Å²) in [6.07, 6.45) is 6.19. The van der Waals surface area contributed by atoms with Gasteiger partial charge in [0.2, 0.25) is 0 Å². The van der Waals surface area contributed by atoms with Crippen LogP contribution in [0.1, 0.15) is 48.6 Å². The highest BCUT2D eigenvalue weighted by atomic mass is 16.6. The zero-order valence-electron chi connectivity index (χ0n) is 11.1. The van der Waals surface area contributed by atoms with Crippen molar-refractivity contribution in [1.82, 2.24) is 9.88 Å². The first-order valence-electron chi connectivity index (χ1n) is 6.99. The van der Waals surface area contributed by atoms with Crippen LogP contribution in [0.25, 0.3) is 0 Å². The number of aromatic nitrogens is 1. The van der Waals surface area contributed by atoms with Crippen LogP contribution in [-0.2, 0) is 0 Å². The fraction of sp³-hybridized carbons (Fsp3) is 0.615. The first-order chi connectivity index (χ1) is 9.56. The molecule has 2 aliphatic rings. The van der Waals surface area contributed by atoms with E-state index in [2.05, 4.69) is 5.32 Å². The minimum Gasteiger partial charge on any atom is -0.346 e. The Bertz CT molecular complexity index is 550. The van der Waals surface area contributed by atoms with E-state index in [1.54, 1.807) is 4.57 Å². The molecule has 2 fully saturated rings. The van der Waals surface area contributed by atoms with Gasteiger partial charge in [0.15, 0.2) is 0 Å². The molecule has 7 heteroatoms. The molecule has 2 saturated carbocycles. The highest BCUT2D eigenvalue weighted by Crippen LogP contribution is 2.38. The predicted octanol–water partition coefficient (Wildman–Crippen LogP) is 1.34. The first-order valence-corrected chi connectivity index (χ1v) is 6.99. The SMILES string of the molecule is NC1CCCC1NC(=O)c1cc([N+](=O)[O-])cn1C1CC1. The monoisotopic (exact) mass is 278 g/mol. The smallest absolute Gasteiger partial charge is 0.287 e. The van der Waals surface area contributed by atoms with E-state index in [0.29, 0.717) is 5.69 Å². The number of rotatable bonds is 4. The van der Waals surface area contributed by atoms with Crippen molar-refractivity contribution in [3.8, 4) is 0 Å². The summed E-state index contributed by atoms with van der Waals surface area (Å²) in [4.78, 5) is 22.7. The Hall–Kier alpha value is -1.89. The lowest BCUT2D eigenvalue weighted by Crippen LogP contribution is -2.44. The molecule has 7 nitrogen and oxygen atoms in total. The second-order valence-corrected chi connectivity index (χ2v) is 5.65.